The molecular formula is C17H16Cl2N2. The fraction of sp³-hybridized carbons (Fsp3) is 0.294. The number of hydrogen-bond acceptors (Lipinski definition) is 2. The quantitative estimate of drug-likeness (QED) is 0.807. The molecule has 2 aromatic carbocycles. The molecule has 2 aliphatic heterocycles. The van der Waals surface area contributed by atoms with Crippen molar-refractivity contribution in [3.8, 4) is 11.1 Å². The van der Waals surface area contributed by atoms with E-state index in [2.05, 4.69) is 28.8 Å². The van der Waals surface area contributed by atoms with E-state index in [1.807, 2.05) is 12.1 Å². The normalized spacial score (nSPS) is 23.3. The zero-order chi connectivity index (χ0) is 14.4. The van der Waals surface area contributed by atoms with Gasteiger partial charge in [-0.15, -0.1) is 0 Å². The molecule has 0 aromatic heterocycles. The summed E-state index contributed by atoms with van der Waals surface area (Å²) in [7, 11) is 0. The maximum absolute atomic E-state index is 6.34. The van der Waals surface area contributed by atoms with Crippen molar-refractivity contribution in [2.75, 3.05) is 18.4 Å². The van der Waals surface area contributed by atoms with Gasteiger partial charge in [-0.3, -0.25) is 0 Å². The average Bonchev–Trinajstić information content (AvgIpc) is 2.85. The Hall–Kier alpha value is -1.22. The minimum Gasteiger partial charge on any atom is -0.381 e. The summed E-state index contributed by atoms with van der Waals surface area (Å²) in [5, 5.41) is 8.51. The van der Waals surface area contributed by atoms with E-state index in [4.69, 9.17) is 23.2 Å². The van der Waals surface area contributed by atoms with E-state index in [1.54, 1.807) is 6.07 Å². The van der Waals surface area contributed by atoms with Crippen molar-refractivity contribution in [3.05, 3.63) is 52.0 Å². The summed E-state index contributed by atoms with van der Waals surface area (Å²) >= 11 is 12.3. The molecule has 2 aromatic rings. The van der Waals surface area contributed by atoms with Crippen molar-refractivity contribution in [1.29, 1.82) is 0 Å². The van der Waals surface area contributed by atoms with Gasteiger partial charge in [0.15, 0.2) is 0 Å². The Bertz CT molecular complexity index is 699. The smallest absolute Gasteiger partial charge is 0.0499 e. The van der Waals surface area contributed by atoms with E-state index < -0.39 is 0 Å². The van der Waals surface area contributed by atoms with E-state index >= 15 is 0 Å². The Morgan fingerprint density at radius 1 is 1.05 bits per heavy atom. The van der Waals surface area contributed by atoms with E-state index in [9.17, 15) is 0 Å². The van der Waals surface area contributed by atoms with Crippen LogP contribution in [0.2, 0.25) is 10.0 Å². The molecule has 0 amide bonds. The zero-order valence-electron chi connectivity index (χ0n) is 11.5. The maximum Gasteiger partial charge on any atom is 0.0499 e. The predicted octanol–water partition coefficient (Wildman–Crippen LogP) is 4.53. The molecular weight excluding hydrogens is 303 g/mol. The van der Waals surface area contributed by atoms with Crippen LogP contribution in [0, 0.1) is 0 Å². The first-order valence-electron chi connectivity index (χ1n) is 7.29. The van der Waals surface area contributed by atoms with Crippen LogP contribution in [0.4, 0.5) is 5.69 Å². The first kappa shape index (κ1) is 13.4. The predicted molar refractivity (Wildman–Crippen MR) is 89.5 cm³/mol. The molecule has 4 heteroatoms. The molecule has 0 aliphatic carbocycles. The highest BCUT2D eigenvalue weighted by atomic mass is 35.5. The largest absolute Gasteiger partial charge is 0.381 e. The van der Waals surface area contributed by atoms with Gasteiger partial charge < -0.3 is 10.6 Å². The maximum atomic E-state index is 6.34. The lowest BCUT2D eigenvalue weighted by atomic mass is 9.89. The Morgan fingerprint density at radius 2 is 1.95 bits per heavy atom. The molecule has 0 saturated carbocycles. The van der Waals surface area contributed by atoms with Crippen LogP contribution in [0.15, 0.2) is 36.4 Å². The van der Waals surface area contributed by atoms with Crippen LogP contribution < -0.4 is 10.6 Å². The Balaban J connectivity index is 1.76. The molecule has 2 aliphatic rings. The number of halogens is 2. The van der Waals surface area contributed by atoms with Gasteiger partial charge in [0.2, 0.25) is 0 Å². The number of benzene rings is 2. The zero-order valence-corrected chi connectivity index (χ0v) is 13.0. The number of anilines is 1. The molecule has 4 rings (SSSR count). The fourth-order valence-corrected chi connectivity index (χ4v) is 3.97. The topological polar surface area (TPSA) is 24.1 Å². The van der Waals surface area contributed by atoms with Crippen LogP contribution in [0.3, 0.4) is 0 Å². The van der Waals surface area contributed by atoms with Crippen molar-refractivity contribution in [2.45, 2.75) is 18.4 Å². The lowest BCUT2D eigenvalue weighted by Gasteiger charge is -2.26. The summed E-state index contributed by atoms with van der Waals surface area (Å²) in [6, 6.07) is 12.8. The van der Waals surface area contributed by atoms with E-state index in [-0.39, 0.29) is 0 Å². The Kier molecular flexibility index (Phi) is 3.33. The standard InChI is InChI=1S/C17H16Cl2N2/c18-11-2-3-12(15(19)8-11)10-1-4-16-13(7-10)14-9-20-6-5-17(14)21-16/h1-4,7-8,14,17,20-21H,5-6,9H2/t14-,17-/m0/s1. The second kappa shape index (κ2) is 5.20. The SMILES string of the molecule is Clc1ccc(-c2ccc3c(c2)[C@@H]2CNCC[C@@H]2N3)c(Cl)c1. The van der Waals surface area contributed by atoms with Gasteiger partial charge in [0.05, 0.1) is 0 Å². The summed E-state index contributed by atoms with van der Waals surface area (Å²) in [4.78, 5) is 0. The molecule has 21 heavy (non-hydrogen) atoms. The first-order valence-corrected chi connectivity index (χ1v) is 8.04. The molecule has 2 heterocycles. The summed E-state index contributed by atoms with van der Waals surface area (Å²) in [5.74, 6) is 0.555. The highest BCUT2D eigenvalue weighted by molar-refractivity contribution is 6.36. The lowest BCUT2D eigenvalue weighted by Crippen LogP contribution is -2.38. The molecule has 2 N–H and O–H groups in total. The highest BCUT2D eigenvalue weighted by Gasteiger charge is 2.33. The summed E-state index contributed by atoms with van der Waals surface area (Å²) in [6.45, 7) is 2.14. The molecule has 0 bridgehead atoms. The van der Waals surface area contributed by atoms with Crippen LogP contribution in [0.25, 0.3) is 11.1 Å². The molecule has 108 valence electrons. The number of rotatable bonds is 1. The van der Waals surface area contributed by atoms with Crippen LogP contribution in [-0.4, -0.2) is 19.1 Å². The van der Waals surface area contributed by atoms with Gasteiger partial charge in [0.25, 0.3) is 0 Å². The second-order valence-corrected chi connectivity index (χ2v) is 6.62. The molecule has 1 saturated heterocycles. The minimum absolute atomic E-state index is 0.555. The third-order valence-corrected chi connectivity index (χ3v) is 5.06. The molecule has 2 atom stereocenters. The average molecular weight is 319 g/mol. The van der Waals surface area contributed by atoms with Gasteiger partial charge in [-0.25, -0.2) is 0 Å². The molecule has 0 spiro atoms. The van der Waals surface area contributed by atoms with Crippen LogP contribution in [0.1, 0.15) is 17.9 Å². The Morgan fingerprint density at radius 3 is 2.81 bits per heavy atom. The third-order valence-electron chi connectivity index (χ3n) is 4.52. The van der Waals surface area contributed by atoms with Crippen molar-refractivity contribution < 1.29 is 0 Å². The van der Waals surface area contributed by atoms with Crippen molar-refractivity contribution >= 4 is 28.9 Å². The fourth-order valence-electron chi connectivity index (χ4n) is 3.45. The van der Waals surface area contributed by atoms with E-state index in [1.165, 1.54) is 17.7 Å². The molecule has 2 nitrogen and oxygen atoms in total. The molecule has 0 unspecified atom stereocenters. The van der Waals surface area contributed by atoms with Gasteiger partial charge >= 0.3 is 0 Å². The van der Waals surface area contributed by atoms with Gasteiger partial charge in [-0.05, 0) is 48.4 Å². The third kappa shape index (κ3) is 2.32. The number of fused-ring (bicyclic) bond motifs is 3. The van der Waals surface area contributed by atoms with Gasteiger partial charge in [0, 0.05) is 39.8 Å². The van der Waals surface area contributed by atoms with Gasteiger partial charge in [0.1, 0.15) is 0 Å². The summed E-state index contributed by atoms with van der Waals surface area (Å²) in [6.07, 6.45) is 1.18. The Labute approximate surface area is 134 Å². The highest BCUT2D eigenvalue weighted by Crippen LogP contribution is 2.41. The van der Waals surface area contributed by atoms with Crippen molar-refractivity contribution in [3.63, 3.8) is 0 Å². The summed E-state index contributed by atoms with van der Waals surface area (Å²) in [5.41, 5.74) is 4.86. The monoisotopic (exact) mass is 318 g/mol. The number of hydrogen-bond donors (Lipinski definition) is 2. The van der Waals surface area contributed by atoms with Crippen molar-refractivity contribution in [2.24, 2.45) is 0 Å². The van der Waals surface area contributed by atoms with Crippen molar-refractivity contribution in [1.82, 2.24) is 5.32 Å². The second-order valence-electron chi connectivity index (χ2n) is 5.78. The summed E-state index contributed by atoms with van der Waals surface area (Å²) < 4.78 is 0. The number of piperidine rings is 1. The molecule has 0 radical (unpaired) electrons. The van der Waals surface area contributed by atoms with Gasteiger partial charge in [-0.1, -0.05) is 35.3 Å². The van der Waals surface area contributed by atoms with E-state index in [0.717, 1.165) is 24.2 Å². The van der Waals surface area contributed by atoms with Crippen LogP contribution in [0.5, 0.6) is 0 Å². The van der Waals surface area contributed by atoms with Gasteiger partial charge in [-0.2, -0.15) is 0 Å². The van der Waals surface area contributed by atoms with Crippen LogP contribution >= 0.6 is 23.2 Å². The minimum atomic E-state index is 0.555. The van der Waals surface area contributed by atoms with E-state index in [0.29, 0.717) is 22.0 Å². The number of nitrogens with one attached hydrogen (secondary N) is 2. The first-order chi connectivity index (χ1) is 10.2. The van der Waals surface area contributed by atoms with Crippen LogP contribution in [-0.2, 0) is 0 Å². The lowest BCUT2D eigenvalue weighted by molar-refractivity contribution is 0.440. The molecule has 1 fully saturated rings.